The van der Waals surface area contributed by atoms with Crippen LogP contribution in [-0.2, 0) is 16.1 Å². The predicted octanol–water partition coefficient (Wildman–Crippen LogP) is 2.24. The van der Waals surface area contributed by atoms with Gasteiger partial charge < -0.3 is 14.8 Å². The zero-order chi connectivity index (χ0) is 13.1. The van der Waals surface area contributed by atoms with E-state index in [1.807, 2.05) is 0 Å². The highest BCUT2D eigenvalue weighted by atomic mass is 16.5. The summed E-state index contributed by atoms with van der Waals surface area (Å²) in [7, 11) is 0. The highest BCUT2D eigenvalue weighted by molar-refractivity contribution is 5.30. The van der Waals surface area contributed by atoms with Gasteiger partial charge in [-0.3, -0.25) is 4.98 Å². The molecule has 18 heavy (non-hydrogen) atoms. The standard InChI is InChI=1S/C13H23N3O2/c1-3-5-14-13-10-15-12(9-16-13)11-18-8-7-17-6-4-2/h9-10H,3-8,11H2,1-2H3,(H,14,16). The van der Waals surface area contributed by atoms with Crippen LogP contribution in [0.1, 0.15) is 32.4 Å². The fourth-order valence-corrected chi connectivity index (χ4v) is 1.31. The van der Waals surface area contributed by atoms with E-state index in [0.29, 0.717) is 19.8 Å². The smallest absolute Gasteiger partial charge is 0.144 e. The second kappa shape index (κ2) is 9.79. The molecule has 0 fully saturated rings. The molecule has 0 spiro atoms. The summed E-state index contributed by atoms with van der Waals surface area (Å²) >= 11 is 0. The summed E-state index contributed by atoms with van der Waals surface area (Å²) in [6, 6.07) is 0. The van der Waals surface area contributed by atoms with Crippen molar-refractivity contribution in [2.24, 2.45) is 0 Å². The molecule has 102 valence electrons. The lowest BCUT2D eigenvalue weighted by Crippen LogP contribution is -2.07. The van der Waals surface area contributed by atoms with Gasteiger partial charge in [-0.25, -0.2) is 4.98 Å². The van der Waals surface area contributed by atoms with Crippen LogP contribution in [0.2, 0.25) is 0 Å². The molecule has 0 atom stereocenters. The van der Waals surface area contributed by atoms with Gasteiger partial charge in [0.25, 0.3) is 0 Å². The minimum atomic E-state index is 0.483. The molecule has 1 N–H and O–H groups in total. The molecule has 0 unspecified atom stereocenters. The first-order valence-electron chi connectivity index (χ1n) is 6.57. The molecule has 1 aromatic rings. The molecule has 1 aromatic heterocycles. The minimum absolute atomic E-state index is 0.483. The number of hydrogen-bond acceptors (Lipinski definition) is 5. The second-order valence-electron chi connectivity index (χ2n) is 3.98. The Balaban J connectivity index is 2.14. The predicted molar refractivity (Wildman–Crippen MR) is 71.6 cm³/mol. The fourth-order valence-electron chi connectivity index (χ4n) is 1.31. The maximum Gasteiger partial charge on any atom is 0.144 e. The van der Waals surface area contributed by atoms with E-state index in [2.05, 4.69) is 29.1 Å². The van der Waals surface area contributed by atoms with Crippen LogP contribution >= 0.6 is 0 Å². The Bertz CT molecular complexity index is 304. The summed E-state index contributed by atoms with van der Waals surface area (Å²) in [5.74, 6) is 0.812. The second-order valence-corrected chi connectivity index (χ2v) is 3.98. The molecule has 0 radical (unpaired) electrons. The number of hydrogen-bond donors (Lipinski definition) is 1. The number of anilines is 1. The van der Waals surface area contributed by atoms with E-state index in [1.165, 1.54) is 0 Å². The van der Waals surface area contributed by atoms with Gasteiger partial charge in [-0.1, -0.05) is 13.8 Å². The first kappa shape index (κ1) is 14.9. The van der Waals surface area contributed by atoms with Crippen LogP contribution in [0.5, 0.6) is 0 Å². The van der Waals surface area contributed by atoms with Crippen molar-refractivity contribution in [2.45, 2.75) is 33.3 Å². The summed E-state index contributed by atoms with van der Waals surface area (Å²) in [5.41, 5.74) is 0.840. The Hall–Kier alpha value is -1.20. The lowest BCUT2D eigenvalue weighted by molar-refractivity contribution is 0.0396. The van der Waals surface area contributed by atoms with Crippen molar-refractivity contribution in [2.75, 3.05) is 31.7 Å². The van der Waals surface area contributed by atoms with Crippen molar-refractivity contribution in [1.82, 2.24) is 9.97 Å². The third-order valence-corrected chi connectivity index (χ3v) is 2.23. The Labute approximate surface area is 109 Å². The monoisotopic (exact) mass is 253 g/mol. The molecule has 0 aliphatic heterocycles. The van der Waals surface area contributed by atoms with Crippen molar-refractivity contribution in [3.05, 3.63) is 18.1 Å². The van der Waals surface area contributed by atoms with E-state index in [4.69, 9.17) is 9.47 Å². The van der Waals surface area contributed by atoms with Crippen molar-refractivity contribution in [3.63, 3.8) is 0 Å². The van der Waals surface area contributed by atoms with Crippen LogP contribution in [0.4, 0.5) is 5.82 Å². The molecular weight excluding hydrogens is 230 g/mol. The molecule has 0 amide bonds. The quantitative estimate of drug-likeness (QED) is 0.648. The Morgan fingerprint density at radius 3 is 2.50 bits per heavy atom. The van der Waals surface area contributed by atoms with Gasteiger partial charge in [0.05, 0.1) is 37.9 Å². The van der Waals surface area contributed by atoms with E-state index in [-0.39, 0.29) is 0 Å². The third-order valence-electron chi connectivity index (χ3n) is 2.23. The SMILES string of the molecule is CCCNc1cnc(COCCOCCC)cn1. The molecule has 0 saturated heterocycles. The van der Waals surface area contributed by atoms with Crippen LogP contribution in [0, 0.1) is 0 Å². The van der Waals surface area contributed by atoms with Crippen LogP contribution in [0.25, 0.3) is 0 Å². The number of nitrogens with one attached hydrogen (secondary N) is 1. The Kier molecular flexibility index (Phi) is 8.08. The summed E-state index contributed by atoms with van der Waals surface area (Å²) < 4.78 is 10.8. The van der Waals surface area contributed by atoms with Crippen LogP contribution in [0.15, 0.2) is 12.4 Å². The van der Waals surface area contributed by atoms with Gasteiger partial charge in [0.1, 0.15) is 5.82 Å². The molecule has 5 heteroatoms. The lowest BCUT2D eigenvalue weighted by Gasteiger charge is -2.06. The minimum Gasteiger partial charge on any atom is -0.379 e. The van der Waals surface area contributed by atoms with Gasteiger partial charge >= 0.3 is 0 Å². The average Bonchev–Trinajstić information content (AvgIpc) is 2.42. The molecular formula is C13H23N3O2. The van der Waals surface area contributed by atoms with Gasteiger partial charge in [-0.2, -0.15) is 0 Å². The highest BCUT2D eigenvalue weighted by Gasteiger charge is 1.97. The molecule has 0 bridgehead atoms. The van der Waals surface area contributed by atoms with Crippen LogP contribution in [0.3, 0.4) is 0 Å². The number of rotatable bonds is 10. The topological polar surface area (TPSA) is 56.3 Å². The first-order valence-corrected chi connectivity index (χ1v) is 6.57. The van der Waals surface area contributed by atoms with Gasteiger partial charge in [0.2, 0.25) is 0 Å². The zero-order valence-corrected chi connectivity index (χ0v) is 11.3. The van der Waals surface area contributed by atoms with E-state index < -0.39 is 0 Å². The first-order chi connectivity index (χ1) is 8.86. The molecule has 0 aliphatic rings. The maximum atomic E-state index is 5.44. The molecule has 0 aliphatic carbocycles. The molecule has 5 nitrogen and oxygen atoms in total. The number of ether oxygens (including phenoxy) is 2. The highest BCUT2D eigenvalue weighted by Crippen LogP contribution is 2.02. The zero-order valence-electron chi connectivity index (χ0n) is 11.3. The molecule has 0 aromatic carbocycles. The van der Waals surface area contributed by atoms with Gasteiger partial charge in [0.15, 0.2) is 0 Å². The van der Waals surface area contributed by atoms with Gasteiger partial charge in [0, 0.05) is 13.2 Å². The average molecular weight is 253 g/mol. The van der Waals surface area contributed by atoms with Gasteiger partial charge in [-0.05, 0) is 12.8 Å². The largest absolute Gasteiger partial charge is 0.379 e. The summed E-state index contributed by atoms with van der Waals surface area (Å²) in [5, 5.41) is 3.18. The Morgan fingerprint density at radius 2 is 1.83 bits per heavy atom. The van der Waals surface area contributed by atoms with Gasteiger partial charge in [-0.15, -0.1) is 0 Å². The molecule has 1 rings (SSSR count). The summed E-state index contributed by atoms with van der Waals surface area (Å²) in [6.07, 6.45) is 5.59. The van der Waals surface area contributed by atoms with E-state index in [0.717, 1.165) is 37.5 Å². The lowest BCUT2D eigenvalue weighted by atomic mass is 10.4. The van der Waals surface area contributed by atoms with Crippen molar-refractivity contribution in [1.29, 1.82) is 0 Å². The van der Waals surface area contributed by atoms with E-state index in [9.17, 15) is 0 Å². The molecule has 0 saturated carbocycles. The van der Waals surface area contributed by atoms with Crippen molar-refractivity contribution in [3.8, 4) is 0 Å². The van der Waals surface area contributed by atoms with Crippen LogP contribution < -0.4 is 5.32 Å². The number of nitrogens with zero attached hydrogens (tertiary/aromatic N) is 2. The normalized spacial score (nSPS) is 10.6. The maximum absolute atomic E-state index is 5.44. The fraction of sp³-hybridized carbons (Fsp3) is 0.692. The summed E-state index contributed by atoms with van der Waals surface area (Å²) in [6.45, 7) is 7.62. The summed E-state index contributed by atoms with van der Waals surface area (Å²) in [4.78, 5) is 8.53. The van der Waals surface area contributed by atoms with Crippen molar-refractivity contribution < 1.29 is 9.47 Å². The molecule has 1 heterocycles. The number of aromatic nitrogens is 2. The van der Waals surface area contributed by atoms with E-state index >= 15 is 0 Å². The van der Waals surface area contributed by atoms with Crippen LogP contribution in [-0.4, -0.2) is 36.3 Å². The Morgan fingerprint density at radius 1 is 1.00 bits per heavy atom. The van der Waals surface area contributed by atoms with Crippen molar-refractivity contribution >= 4 is 5.82 Å². The van der Waals surface area contributed by atoms with E-state index in [1.54, 1.807) is 12.4 Å². The third kappa shape index (κ3) is 6.51.